The van der Waals surface area contributed by atoms with Gasteiger partial charge < -0.3 is 4.74 Å². The number of nitrogens with zero attached hydrogens (tertiary/aromatic N) is 2. The van der Waals surface area contributed by atoms with E-state index in [-0.39, 0.29) is 5.82 Å². The van der Waals surface area contributed by atoms with Crippen LogP contribution in [0.4, 0.5) is 9.52 Å². The molecule has 7 heteroatoms. The number of rotatable bonds is 6. The average molecular weight is 376 g/mol. The van der Waals surface area contributed by atoms with E-state index in [9.17, 15) is 4.39 Å². The zero-order chi connectivity index (χ0) is 17.6. The van der Waals surface area contributed by atoms with Crippen molar-refractivity contribution in [3.63, 3.8) is 0 Å². The molecule has 0 fully saturated rings. The number of ether oxygens (including phenoxy) is 1. The van der Waals surface area contributed by atoms with Crippen molar-refractivity contribution in [1.82, 2.24) is 4.98 Å². The number of hydrogen-bond donors (Lipinski definition) is 1. The Bertz CT molecular complexity index is 880. The molecule has 0 unspecified atom stereocenters. The highest BCUT2D eigenvalue weighted by Gasteiger charge is 2.05. The lowest BCUT2D eigenvalue weighted by atomic mass is 10.2. The Morgan fingerprint density at radius 2 is 2.08 bits per heavy atom. The van der Waals surface area contributed by atoms with Gasteiger partial charge >= 0.3 is 0 Å². The molecule has 0 saturated carbocycles. The largest absolute Gasteiger partial charge is 0.488 e. The summed E-state index contributed by atoms with van der Waals surface area (Å²) in [6, 6.07) is 11.6. The molecular formula is C18H15ClFN3OS. The number of thiazole rings is 1. The van der Waals surface area contributed by atoms with Crippen molar-refractivity contribution in [2.45, 2.75) is 13.5 Å². The third kappa shape index (κ3) is 5.01. The molecule has 0 aliphatic heterocycles. The van der Waals surface area contributed by atoms with Gasteiger partial charge in [-0.25, -0.2) is 9.37 Å². The van der Waals surface area contributed by atoms with Gasteiger partial charge in [-0.1, -0.05) is 23.7 Å². The molecule has 0 aliphatic carbocycles. The molecule has 1 aromatic heterocycles. The minimum absolute atomic E-state index is 0.306. The van der Waals surface area contributed by atoms with E-state index in [1.165, 1.54) is 23.5 Å². The highest BCUT2D eigenvalue weighted by molar-refractivity contribution is 7.13. The van der Waals surface area contributed by atoms with Gasteiger partial charge in [-0.2, -0.15) is 5.10 Å². The molecule has 4 nitrogen and oxygen atoms in total. The van der Waals surface area contributed by atoms with Crippen LogP contribution in [-0.4, -0.2) is 11.2 Å². The summed E-state index contributed by atoms with van der Waals surface area (Å²) in [4.78, 5) is 4.25. The second-order valence-corrected chi connectivity index (χ2v) is 6.56. The van der Waals surface area contributed by atoms with Crippen LogP contribution < -0.4 is 10.2 Å². The van der Waals surface area contributed by atoms with Crippen molar-refractivity contribution in [2.24, 2.45) is 5.10 Å². The summed E-state index contributed by atoms with van der Waals surface area (Å²) in [5.74, 6) is 0.0441. The first-order valence-electron chi connectivity index (χ1n) is 7.48. The molecule has 0 spiro atoms. The lowest BCUT2D eigenvalue weighted by molar-refractivity contribution is 0.304. The van der Waals surface area contributed by atoms with E-state index in [1.54, 1.807) is 24.4 Å². The minimum atomic E-state index is -0.369. The number of hydrazone groups is 1. The maximum atomic E-state index is 13.5. The molecule has 2 aromatic carbocycles. The zero-order valence-electron chi connectivity index (χ0n) is 13.4. The fourth-order valence-electron chi connectivity index (χ4n) is 2.04. The molecule has 3 aromatic rings. The predicted molar refractivity (Wildman–Crippen MR) is 100 cm³/mol. The molecule has 0 aliphatic rings. The third-order valence-electron chi connectivity index (χ3n) is 3.27. The van der Waals surface area contributed by atoms with Crippen LogP contribution in [0.1, 0.15) is 16.8 Å². The summed E-state index contributed by atoms with van der Waals surface area (Å²) >= 11 is 7.33. The summed E-state index contributed by atoms with van der Waals surface area (Å²) in [5.41, 5.74) is 5.38. The first kappa shape index (κ1) is 17.4. The molecule has 1 N–H and O–H groups in total. The SMILES string of the molecule is Cc1csc(NN=Cc2ccc(F)cc2OCc2ccc(Cl)cc2)n1. The summed E-state index contributed by atoms with van der Waals surface area (Å²) in [5, 5.41) is 7.41. The molecule has 0 bridgehead atoms. The Labute approximate surface area is 153 Å². The fraction of sp³-hybridized carbons (Fsp3) is 0.111. The molecule has 25 heavy (non-hydrogen) atoms. The monoisotopic (exact) mass is 375 g/mol. The van der Waals surface area contributed by atoms with Crippen molar-refractivity contribution in [3.05, 3.63) is 75.5 Å². The van der Waals surface area contributed by atoms with Gasteiger partial charge in [0.25, 0.3) is 0 Å². The van der Waals surface area contributed by atoms with Gasteiger partial charge in [-0.15, -0.1) is 11.3 Å². The van der Waals surface area contributed by atoms with Crippen molar-refractivity contribution in [1.29, 1.82) is 0 Å². The minimum Gasteiger partial charge on any atom is -0.488 e. The molecule has 0 amide bonds. The standard InChI is InChI=1S/C18H15ClFN3OS/c1-12-11-25-18(22-12)23-21-9-14-4-7-16(20)8-17(14)24-10-13-2-5-15(19)6-3-13/h2-9,11H,10H2,1H3,(H,22,23). The molecular weight excluding hydrogens is 361 g/mol. The molecule has 0 saturated heterocycles. The number of benzene rings is 2. The Hall–Kier alpha value is -2.44. The van der Waals surface area contributed by atoms with Crippen molar-refractivity contribution in [2.75, 3.05) is 5.43 Å². The lowest BCUT2D eigenvalue weighted by Crippen LogP contribution is -2.00. The third-order valence-corrected chi connectivity index (χ3v) is 4.38. The Balaban J connectivity index is 1.70. The molecule has 0 atom stereocenters. The van der Waals surface area contributed by atoms with Gasteiger partial charge in [-0.3, -0.25) is 5.43 Å². The maximum Gasteiger partial charge on any atom is 0.203 e. The van der Waals surface area contributed by atoms with Gasteiger partial charge in [-0.05, 0) is 36.8 Å². The van der Waals surface area contributed by atoms with Crippen LogP contribution in [0.3, 0.4) is 0 Å². The Morgan fingerprint density at radius 1 is 1.28 bits per heavy atom. The maximum absolute atomic E-state index is 13.5. The average Bonchev–Trinajstić information content (AvgIpc) is 3.01. The number of aromatic nitrogens is 1. The number of nitrogens with one attached hydrogen (secondary N) is 1. The van der Waals surface area contributed by atoms with E-state index in [4.69, 9.17) is 16.3 Å². The van der Waals surface area contributed by atoms with E-state index in [2.05, 4.69) is 15.5 Å². The summed E-state index contributed by atoms with van der Waals surface area (Å²) in [7, 11) is 0. The van der Waals surface area contributed by atoms with Crippen LogP contribution in [0.25, 0.3) is 0 Å². The second-order valence-electron chi connectivity index (χ2n) is 5.26. The van der Waals surface area contributed by atoms with Crippen molar-refractivity contribution in [3.8, 4) is 5.75 Å². The normalized spacial score (nSPS) is 11.0. The molecule has 0 radical (unpaired) electrons. The Kier molecular flexibility index (Phi) is 5.63. The van der Waals surface area contributed by atoms with Crippen LogP contribution in [0, 0.1) is 12.7 Å². The Morgan fingerprint density at radius 3 is 2.80 bits per heavy atom. The fourth-order valence-corrected chi connectivity index (χ4v) is 2.81. The van der Waals surface area contributed by atoms with Gasteiger partial charge in [0.05, 0.1) is 11.9 Å². The quantitative estimate of drug-likeness (QED) is 0.471. The van der Waals surface area contributed by atoms with E-state index in [0.717, 1.165) is 11.3 Å². The van der Waals surface area contributed by atoms with Crippen LogP contribution in [0.2, 0.25) is 5.02 Å². The van der Waals surface area contributed by atoms with E-state index < -0.39 is 0 Å². The molecule has 3 rings (SSSR count). The first-order valence-corrected chi connectivity index (χ1v) is 8.74. The van der Waals surface area contributed by atoms with E-state index in [0.29, 0.717) is 28.1 Å². The molecule has 1 heterocycles. The zero-order valence-corrected chi connectivity index (χ0v) is 14.9. The van der Waals surface area contributed by atoms with Gasteiger partial charge in [0, 0.05) is 22.0 Å². The number of anilines is 1. The first-order chi connectivity index (χ1) is 12.1. The predicted octanol–water partition coefficient (Wildman–Crippen LogP) is 5.27. The highest BCUT2D eigenvalue weighted by atomic mass is 35.5. The number of halogens is 2. The van der Waals surface area contributed by atoms with Gasteiger partial charge in [0.1, 0.15) is 18.2 Å². The van der Waals surface area contributed by atoms with Crippen molar-refractivity contribution >= 4 is 34.3 Å². The van der Waals surface area contributed by atoms with E-state index in [1.807, 2.05) is 24.4 Å². The smallest absolute Gasteiger partial charge is 0.203 e. The summed E-state index contributed by atoms with van der Waals surface area (Å²) in [6.07, 6.45) is 1.58. The van der Waals surface area contributed by atoms with Gasteiger partial charge in [0.15, 0.2) is 0 Å². The van der Waals surface area contributed by atoms with Crippen LogP contribution in [0.15, 0.2) is 52.9 Å². The second kappa shape index (κ2) is 8.09. The number of aryl methyl sites for hydroxylation is 1. The summed E-state index contributed by atoms with van der Waals surface area (Å²) < 4.78 is 19.3. The highest BCUT2D eigenvalue weighted by Crippen LogP contribution is 2.21. The van der Waals surface area contributed by atoms with Gasteiger partial charge in [0.2, 0.25) is 5.13 Å². The number of hydrogen-bond acceptors (Lipinski definition) is 5. The summed E-state index contributed by atoms with van der Waals surface area (Å²) in [6.45, 7) is 2.22. The van der Waals surface area contributed by atoms with Crippen molar-refractivity contribution < 1.29 is 9.13 Å². The molecule has 128 valence electrons. The van der Waals surface area contributed by atoms with Crippen LogP contribution >= 0.6 is 22.9 Å². The van der Waals surface area contributed by atoms with Crippen LogP contribution in [0.5, 0.6) is 5.75 Å². The van der Waals surface area contributed by atoms with E-state index >= 15 is 0 Å². The lowest BCUT2D eigenvalue weighted by Gasteiger charge is -2.09. The van der Waals surface area contributed by atoms with Crippen LogP contribution in [-0.2, 0) is 6.61 Å². The topological polar surface area (TPSA) is 46.5 Å².